The Hall–Kier alpha value is -1.61. The van der Waals surface area contributed by atoms with Gasteiger partial charge in [0.15, 0.2) is 0 Å². The van der Waals surface area contributed by atoms with Crippen molar-refractivity contribution in [1.29, 1.82) is 0 Å². The lowest BCUT2D eigenvalue weighted by atomic mass is 10.1. The van der Waals surface area contributed by atoms with Crippen LogP contribution in [0.3, 0.4) is 0 Å². The van der Waals surface area contributed by atoms with E-state index in [9.17, 15) is 0 Å². The van der Waals surface area contributed by atoms with Gasteiger partial charge in [-0.25, -0.2) is 4.98 Å². The van der Waals surface area contributed by atoms with E-state index in [1.165, 1.54) is 0 Å². The molecule has 0 saturated heterocycles. The topological polar surface area (TPSA) is 35.0 Å². The summed E-state index contributed by atoms with van der Waals surface area (Å²) in [5.74, 6) is 1.04. The summed E-state index contributed by atoms with van der Waals surface area (Å²) in [4.78, 5) is 8.20. The number of pyridine rings is 2. The molecule has 0 atom stereocenters. The normalized spacial score (nSPS) is 10.1. The van der Waals surface area contributed by atoms with Crippen molar-refractivity contribution in [2.75, 3.05) is 7.11 Å². The number of hydrogen-bond acceptors (Lipinski definition) is 3. The van der Waals surface area contributed by atoms with Crippen LogP contribution in [0.1, 0.15) is 5.56 Å². The van der Waals surface area contributed by atoms with Gasteiger partial charge in [-0.15, -0.1) is 11.6 Å². The molecule has 0 amide bonds. The van der Waals surface area contributed by atoms with Crippen molar-refractivity contribution in [3.05, 3.63) is 42.4 Å². The third-order valence-electron chi connectivity index (χ3n) is 2.25. The first-order chi connectivity index (χ1) is 7.85. The van der Waals surface area contributed by atoms with Gasteiger partial charge in [0, 0.05) is 30.0 Å². The van der Waals surface area contributed by atoms with Crippen molar-refractivity contribution >= 4 is 11.6 Å². The van der Waals surface area contributed by atoms with Gasteiger partial charge in [0.1, 0.15) is 0 Å². The molecule has 0 spiro atoms. The number of nitrogens with zero attached hydrogens (tertiary/aromatic N) is 2. The molecule has 0 aliphatic rings. The van der Waals surface area contributed by atoms with Crippen LogP contribution < -0.4 is 4.74 Å². The third kappa shape index (κ3) is 2.14. The van der Waals surface area contributed by atoms with Gasteiger partial charge < -0.3 is 4.74 Å². The van der Waals surface area contributed by atoms with Gasteiger partial charge in [-0.3, -0.25) is 4.98 Å². The van der Waals surface area contributed by atoms with Crippen molar-refractivity contribution in [3.63, 3.8) is 0 Å². The van der Waals surface area contributed by atoms with Crippen molar-refractivity contribution in [1.82, 2.24) is 9.97 Å². The summed E-state index contributed by atoms with van der Waals surface area (Å²) in [5, 5.41) is 0. The van der Waals surface area contributed by atoms with E-state index in [4.69, 9.17) is 16.3 Å². The van der Waals surface area contributed by atoms with E-state index in [0.717, 1.165) is 16.7 Å². The Labute approximate surface area is 99.1 Å². The minimum absolute atomic E-state index is 0.440. The zero-order chi connectivity index (χ0) is 11.4. The molecule has 0 aromatic carbocycles. The Morgan fingerprint density at radius 3 is 2.69 bits per heavy atom. The van der Waals surface area contributed by atoms with E-state index >= 15 is 0 Å². The van der Waals surface area contributed by atoms with Gasteiger partial charge in [0.05, 0.1) is 7.11 Å². The van der Waals surface area contributed by atoms with Crippen molar-refractivity contribution < 1.29 is 4.74 Å². The number of hydrogen-bond donors (Lipinski definition) is 0. The third-order valence-corrected chi connectivity index (χ3v) is 2.56. The summed E-state index contributed by atoms with van der Waals surface area (Å²) in [6.07, 6.45) is 5.20. The summed E-state index contributed by atoms with van der Waals surface area (Å²) in [6.45, 7) is 0. The Morgan fingerprint density at radius 2 is 2.06 bits per heavy atom. The van der Waals surface area contributed by atoms with Crippen LogP contribution in [0, 0.1) is 0 Å². The summed E-state index contributed by atoms with van der Waals surface area (Å²) in [6, 6.07) is 5.81. The van der Waals surface area contributed by atoms with Crippen LogP contribution in [0.25, 0.3) is 11.1 Å². The second kappa shape index (κ2) is 4.94. The zero-order valence-corrected chi connectivity index (χ0v) is 9.61. The smallest absolute Gasteiger partial charge is 0.221 e. The summed E-state index contributed by atoms with van der Waals surface area (Å²) >= 11 is 5.79. The number of rotatable bonds is 3. The average Bonchev–Trinajstić information content (AvgIpc) is 2.39. The molecular formula is C12H11ClN2O. The molecule has 16 heavy (non-hydrogen) atoms. The second-order valence-electron chi connectivity index (χ2n) is 3.27. The minimum Gasteiger partial charge on any atom is -0.481 e. The molecule has 2 aromatic rings. The molecule has 82 valence electrons. The average molecular weight is 235 g/mol. The summed E-state index contributed by atoms with van der Waals surface area (Å²) in [5.41, 5.74) is 2.92. The quantitative estimate of drug-likeness (QED) is 0.766. The van der Waals surface area contributed by atoms with Crippen LogP contribution in [0.15, 0.2) is 36.8 Å². The first kappa shape index (κ1) is 10.9. The lowest BCUT2D eigenvalue weighted by Crippen LogP contribution is -1.93. The zero-order valence-electron chi connectivity index (χ0n) is 8.85. The molecule has 0 saturated carbocycles. The largest absolute Gasteiger partial charge is 0.481 e. The maximum absolute atomic E-state index is 5.79. The molecule has 0 radical (unpaired) electrons. The maximum atomic E-state index is 5.79. The van der Waals surface area contributed by atoms with Crippen LogP contribution in [-0.4, -0.2) is 17.1 Å². The Balaban J connectivity index is 2.53. The number of ether oxygens (including phenoxy) is 1. The first-order valence-corrected chi connectivity index (χ1v) is 5.38. The summed E-state index contributed by atoms with van der Waals surface area (Å²) in [7, 11) is 1.60. The molecule has 4 heteroatoms. The van der Waals surface area contributed by atoms with E-state index in [1.807, 2.05) is 18.2 Å². The fraction of sp³-hybridized carbons (Fsp3) is 0.167. The highest BCUT2D eigenvalue weighted by molar-refractivity contribution is 6.17. The van der Waals surface area contributed by atoms with Gasteiger partial charge in [-0.05, 0) is 29.3 Å². The standard InChI is InChI=1S/C12H11ClN2O/c1-16-12-11(6-9(7-13)8-15-12)10-2-4-14-5-3-10/h2-6,8H,7H2,1H3. The van der Waals surface area contributed by atoms with Gasteiger partial charge >= 0.3 is 0 Å². The Morgan fingerprint density at radius 1 is 1.31 bits per heavy atom. The molecule has 0 fully saturated rings. The minimum atomic E-state index is 0.440. The predicted molar refractivity (Wildman–Crippen MR) is 63.6 cm³/mol. The fourth-order valence-corrected chi connectivity index (χ4v) is 1.62. The van der Waals surface area contributed by atoms with Crippen molar-refractivity contribution in [2.45, 2.75) is 5.88 Å². The fourth-order valence-electron chi connectivity index (χ4n) is 1.47. The monoisotopic (exact) mass is 234 g/mol. The lowest BCUT2D eigenvalue weighted by Gasteiger charge is -2.08. The van der Waals surface area contributed by atoms with Crippen LogP contribution >= 0.6 is 11.6 Å². The number of aromatic nitrogens is 2. The SMILES string of the molecule is COc1ncc(CCl)cc1-c1ccncc1. The van der Waals surface area contributed by atoms with Crippen LogP contribution in [0.2, 0.25) is 0 Å². The van der Waals surface area contributed by atoms with E-state index in [0.29, 0.717) is 11.8 Å². The highest BCUT2D eigenvalue weighted by Gasteiger charge is 2.07. The number of halogens is 1. The van der Waals surface area contributed by atoms with Crippen LogP contribution in [0.5, 0.6) is 5.88 Å². The molecule has 0 aliphatic carbocycles. The second-order valence-corrected chi connectivity index (χ2v) is 3.54. The lowest BCUT2D eigenvalue weighted by molar-refractivity contribution is 0.399. The molecule has 3 nitrogen and oxygen atoms in total. The van der Waals surface area contributed by atoms with Gasteiger partial charge in [-0.1, -0.05) is 0 Å². The Kier molecular flexibility index (Phi) is 3.37. The van der Waals surface area contributed by atoms with Gasteiger partial charge in [0.2, 0.25) is 5.88 Å². The molecular weight excluding hydrogens is 224 g/mol. The van der Waals surface area contributed by atoms with Crippen molar-refractivity contribution in [2.24, 2.45) is 0 Å². The van der Waals surface area contributed by atoms with E-state index in [2.05, 4.69) is 9.97 Å². The molecule has 2 rings (SSSR count). The number of alkyl halides is 1. The molecule has 2 aromatic heterocycles. The molecule has 2 heterocycles. The van der Waals surface area contributed by atoms with Crippen LogP contribution in [0.4, 0.5) is 0 Å². The van der Waals surface area contributed by atoms with E-state index < -0.39 is 0 Å². The van der Waals surface area contributed by atoms with Gasteiger partial charge in [0.25, 0.3) is 0 Å². The molecule has 0 bridgehead atoms. The Bertz CT molecular complexity index is 474. The molecule has 0 N–H and O–H groups in total. The predicted octanol–water partition coefficient (Wildman–Crippen LogP) is 2.89. The first-order valence-electron chi connectivity index (χ1n) is 4.84. The van der Waals surface area contributed by atoms with E-state index in [1.54, 1.807) is 25.7 Å². The highest BCUT2D eigenvalue weighted by atomic mass is 35.5. The van der Waals surface area contributed by atoms with Crippen molar-refractivity contribution in [3.8, 4) is 17.0 Å². The summed E-state index contributed by atoms with van der Waals surface area (Å²) < 4.78 is 5.22. The maximum Gasteiger partial charge on any atom is 0.221 e. The number of methoxy groups -OCH3 is 1. The molecule has 0 unspecified atom stereocenters. The van der Waals surface area contributed by atoms with E-state index in [-0.39, 0.29) is 0 Å². The highest BCUT2D eigenvalue weighted by Crippen LogP contribution is 2.28. The molecule has 0 aliphatic heterocycles. The van der Waals surface area contributed by atoms with Gasteiger partial charge in [-0.2, -0.15) is 0 Å². The van der Waals surface area contributed by atoms with Crippen LogP contribution in [-0.2, 0) is 5.88 Å².